The van der Waals surface area contributed by atoms with E-state index in [1.807, 2.05) is 12.1 Å². The van der Waals surface area contributed by atoms with Gasteiger partial charge in [-0.1, -0.05) is 23.7 Å². The molecule has 2 heterocycles. The van der Waals surface area contributed by atoms with Crippen LogP contribution in [0.15, 0.2) is 24.3 Å². The zero-order valence-corrected chi connectivity index (χ0v) is 15.0. The second kappa shape index (κ2) is 6.82. The molecule has 0 radical (unpaired) electrons. The molecule has 3 nitrogen and oxygen atoms in total. The summed E-state index contributed by atoms with van der Waals surface area (Å²) in [5.41, 5.74) is 1.64. The highest BCUT2D eigenvalue weighted by Gasteiger charge is 2.41. The molecule has 0 N–H and O–H groups in total. The summed E-state index contributed by atoms with van der Waals surface area (Å²) in [6, 6.07) is 8.48. The highest BCUT2D eigenvalue weighted by Crippen LogP contribution is 2.41. The molecule has 2 fully saturated rings. The third kappa shape index (κ3) is 3.89. The number of carbonyl (C=O) groups is 1. The molecule has 1 aromatic rings. The van der Waals surface area contributed by atoms with Crippen LogP contribution in [0.5, 0.6) is 0 Å². The van der Waals surface area contributed by atoms with Gasteiger partial charge in [0.15, 0.2) is 0 Å². The van der Waals surface area contributed by atoms with E-state index in [0.29, 0.717) is 17.4 Å². The number of carbonyl (C=O) groups excluding carboxylic acids is 1. The summed E-state index contributed by atoms with van der Waals surface area (Å²) in [5, 5.41) is 0.814. The standard InChI is InChI=1S/C19H27ClN2O/c1-15(2)22-14-19(7-6-18(22)23)8-10-21(11-9-19)13-16-4-3-5-17(20)12-16/h3-5,12,15H,6-11,13-14H2,1-2H3. The molecule has 0 aromatic heterocycles. The first-order valence-corrected chi connectivity index (χ1v) is 9.12. The second-order valence-electron chi connectivity index (χ2n) is 7.52. The lowest BCUT2D eigenvalue weighted by molar-refractivity contribution is -0.141. The van der Waals surface area contributed by atoms with E-state index in [2.05, 4.69) is 35.8 Å². The quantitative estimate of drug-likeness (QED) is 0.835. The third-order valence-electron chi connectivity index (χ3n) is 5.53. The zero-order valence-electron chi connectivity index (χ0n) is 14.2. The van der Waals surface area contributed by atoms with Gasteiger partial charge in [-0.2, -0.15) is 0 Å². The average molecular weight is 335 g/mol. The minimum Gasteiger partial charge on any atom is -0.340 e. The normalized spacial score (nSPS) is 22.1. The molecule has 0 saturated carbocycles. The Morgan fingerprint density at radius 1 is 1.22 bits per heavy atom. The Balaban J connectivity index is 1.58. The monoisotopic (exact) mass is 334 g/mol. The molecule has 1 aromatic carbocycles. The maximum atomic E-state index is 12.1. The third-order valence-corrected chi connectivity index (χ3v) is 5.77. The van der Waals surface area contributed by atoms with Crippen LogP contribution in [-0.4, -0.2) is 41.4 Å². The highest BCUT2D eigenvalue weighted by molar-refractivity contribution is 6.30. The SMILES string of the molecule is CC(C)N1CC2(CCC1=O)CCN(Cc1cccc(Cl)c1)CC2. The fourth-order valence-corrected chi connectivity index (χ4v) is 4.21. The van der Waals surface area contributed by atoms with E-state index in [4.69, 9.17) is 11.6 Å². The van der Waals surface area contributed by atoms with Gasteiger partial charge >= 0.3 is 0 Å². The smallest absolute Gasteiger partial charge is 0.222 e. The summed E-state index contributed by atoms with van der Waals surface area (Å²) < 4.78 is 0. The Bertz CT molecular complexity index is 564. The van der Waals surface area contributed by atoms with Crippen LogP contribution in [0.3, 0.4) is 0 Å². The minimum atomic E-state index is 0.323. The molecule has 2 saturated heterocycles. The van der Waals surface area contributed by atoms with Crippen LogP contribution in [0.1, 0.15) is 45.1 Å². The predicted octanol–water partition coefficient (Wildman–Crippen LogP) is 3.95. The van der Waals surface area contributed by atoms with Crippen LogP contribution in [0.25, 0.3) is 0 Å². The van der Waals surface area contributed by atoms with Gasteiger partial charge in [-0.15, -0.1) is 0 Å². The van der Waals surface area contributed by atoms with Gasteiger partial charge in [0, 0.05) is 30.6 Å². The van der Waals surface area contributed by atoms with Crippen molar-refractivity contribution >= 4 is 17.5 Å². The lowest BCUT2D eigenvalue weighted by Gasteiger charge is -2.48. The van der Waals surface area contributed by atoms with Crippen molar-refractivity contribution in [1.29, 1.82) is 0 Å². The molecule has 0 bridgehead atoms. The molecule has 126 valence electrons. The van der Waals surface area contributed by atoms with Gasteiger partial charge in [-0.3, -0.25) is 9.69 Å². The van der Waals surface area contributed by atoms with Crippen molar-refractivity contribution in [3.05, 3.63) is 34.9 Å². The molecule has 1 amide bonds. The van der Waals surface area contributed by atoms with Crippen molar-refractivity contribution in [2.24, 2.45) is 5.41 Å². The Labute approximate surface area is 144 Å². The highest BCUT2D eigenvalue weighted by atomic mass is 35.5. The lowest BCUT2D eigenvalue weighted by Crippen LogP contribution is -2.53. The van der Waals surface area contributed by atoms with Crippen molar-refractivity contribution < 1.29 is 4.79 Å². The summed E-state index contributed by atoms with van der Waals surface area (Å²) in [6.07, 6.45) is 4.20. The van der Waals surface area contributed by atoms with Gasteiger partial charge in [0.2, 0.25) is 5.91 Å². The maximum absolute atomic E-state index is 12.1. The predicted molar refractivity (Wildman–Crippen MR) is 94.5 cm³/mol. The van der Waals surface area contributed by atoms with E-state index >= 15 is 0 Å². The molecular formula is C19H27ClN2O. The van der Waals surface area contributed by atoms with Crippen LogP contribution >= 0.6 is 11.6 Å². The zero-order chi connectivity index (χ0) is 16.4. The van der Waals surface area contributed by atoms with E-state index in [-0.39, 0.29) is 0 Å². The van der Waals surface area contributed by atoms with Crippen molar-refractivity contribution in [2.75, 3.05) is 19.6 Å². The fraction of sp³-hybridized carbons (Fsp3) is 0.632. The van der Waals surface area contributed by atoms with Gasteiger partial charge in [-0.05, 0) is 69.3 Å². The molecule has 2 aliphatic rings. The van der Waals surface area contributed by atoms with Crippen LogP contribution in [0, 0.1) is 5.41 Å². The molecule has 3 rings (SSSR count). The van der Waals surface area contributed by atoms with Gasteiger partial charge < -0.3 is 4.90 Å². The summed E-state index contributed by atoms with van der Waals surface area (Å²) >= 11 is 6.08. The first-order valence-electron chi connectivity index (χ1n) is 8.74. The summed E-state index contributed by atoms with van der Waals surface area (Å²) in [5.74, 6) is 0.340. The molecule has 4 heteroatoms. The van der Waals surface area contributed by atoms with Gasteiger partial charge in [0.25, 0.3) is 0 Å². The first kappa shape index (κ1) is 16.8. The molecule has 0 atom stereocenters. The molecule has 1 spiro atoms. The Kier molecular flexibility index (Phi) is 4.98. The van der Waals surface area contributed by atoms with Crippen LogP contribution in [0.4, 0.5) is 0 Å². The van der Waals surface area contributed by atoms with Crippen molar-refractivity contribution in [1.82, 2.24) is 9.80 Å². The van der Waals surface area contributed by atoms with Crippen LogP contribution in [-0.2, 0) is 11.3 Å². The molecule has 0 unspecified atom stereocenters. The number of benzene rings is 1. The van der Waals surface area contributed by atoms with Crippen molar-refractivity contribution in [3.8, 4) is 0 Å². The number of hydrogen-bond donors (Lipinski definition) is 0. The molecule has 0 aliphatic carbocycles. The minimum absolute atomic E-state index is 0.323. The number of piperidine rings is 2. The number of rotatable bonds is 3. The number of halogens is 1. The summed E-state index contributed by atoms with van der Waals surface area (Å²) in [7, 11) is 0. The van der Waals surface area contributed by atoms with Crippen LogP contribution in [0.2, 0.25) is 5.02 Å². The number of amides is 1. The van der Waals surface area contributed by atoms with Gasteiger partial charge in [0.1, 0.15) is 0 Å². The lowest BCUT2D eigenvalue weighted by atomic mass is 9.72. The summed E-state index contributed by atoms with van der Waals surface area (Å²) in [6.45, 7) is 8.42. The second-order valence-corrected chi connectivity index (χ2v) is 7.96. The van der Waals surface area contributed by atoms with Crippen LogP contribution < -0.4 is 0 Å². The van der Waals surface area contributed by atoms with E-state index in [0.717, 1.165) is 44.0 Å². The maximum Gasteiger partial charge on any atom is 0.222 e. The fourth-order valence-electron chi connectivity index (χ4n) is 4.00. The number of nitrogens with zero attached hydrogens (tertiary/aromatic N) is 2. The number of likely N-dealkylation sites (tertiary alicyclic amines) is 2. The Morgan fingerprint density at radius 3 is 2.61 bits per heavy atom. The first-order chi connectivity index (χ1) is 11.0. The van der Waals surface area contributed by atoms with E-state index in [1.54, 1.807) is 0 Å². The Morgan fingerprint density at radius 2 is 1.96 bits per heavy atom. The van der Waals surface area contributed by atoms with Gasteiger partial charge in [-0.25, -0.2) is 0 Å². The van der Waals surface area contributed by atoms with E-state index in [1.165, 1.54) is 18.4 Å². The van der Waals surface area contributed by atoms with Gasteiger partial charge in [0.05, 0.1) is 0 Å². The Hall–Kier alpha value is -1.06. The molecular weight excluding hydrogens is 308 g/mol. The summed E-state index contributed by atoms with van der Waals surface area (Å²) in [4.78, 5) is 16.7. The number of hydrogen-bond acceptors (Lipinski definition) is 2. The van der Waals surface area contributed by atoms with Crippen molar-refractivity contribution in [2.45, 2.75) is 52.1 Å². The molecule has 2 aliphatic heterocycles. The average Bonchev–Trinajstić information content (AvgIpc) is 2.52. The topological polar surface area (TPSA) is 23.6 Å². The molecule has 23 heavy (non-hydrogen) atoms. The van der Waals surface area contributed by atoms with E-state index in [9.17, 15) is 4.79 Å². The largest absolute Gasteiger partial charge is 0.340 e. The van der Waals surface area contributed by atoms with E-state index < -0.39 is 0 Å². The van der Waals surface area contributed by atoms with Crippen molar-refractivity contribution in [3.63, 3.8) is 0 Å².